The van der Waals surface area contributed by atoms with Gasteiger partial charge in [0, 0.05) is 32.1 Å². The summed E-state index contributed by atoms with van der Waals surface area (Å²) in [6, 6.07) is 71.3. The zero-order valence-electron chi connectivity index (χ0n) is 33.8. The Labute approximate surface area is 354 Å². The highest BCUT2D eigenvalue weighted by Crippen LogP contribution is 2.64. The Balaban J connectivity index is 1.10. The second-order valence-electron chi connectivity index (χ2n) is 17.9. The molecule has 0 saturated heterocycles. The van der Waals surface area contributed by atoms with Crippen molar-refractivity contribution >= 4 is 44.9 Å². The van der Waals surface area contributed by atoms with Gasteiger partial charge >= 0.3 is 0 Å². The predicted octanol–water partition coefficient (Wildman–Crippen LogP) is 13.1. The van der Waals surface area contributed by atoms with Crippen molar-refractivity contribution in [3.05, 3.63) is 228 Å². The molecule has 0 N–H and O–H groups in total. The standard InChI is InChI=1S/C58H38NOP/c1-57(2)46-21-9-6-17-38(46)39-29-27-36(32-50(39)57)35-28-30-47-43(31-35)44-34-55-45(41-19-8-13-26-54(41)61(55,60)37-15-4-3-5-16-37)33-51(44)58(47)48-22-10-12-25-53(48)59-52-24-11-7-18-40(52)42-20-14-23-49(58)56(42)59/h3-34H,1-2H3/t58?,61-/m0/s1. The number of nitrogens with zero attached hydrogens (tertiary/aromatic N) is 1. The number of para-hydroxylation sites is 3. The normalized spacial score (nSPS) is 19.0. The molecule has 0 saturated carbocycles. The number of fused-ring (bicyclic) bond motifs is 18. The largest absolute Gasteiger partial charge is 0.309 e. The minimum absolute atomic E-state index is 0.105. The van der Waals surface area contributed by atoms with Gasteiger partial charge in [0.2, 0.25) is 0 Å². The van der Waals surface area contributed by atoms with E-state index >= 15 is 4.57 Å². The van der Waals surface area contributed by atoms with Gasteiger partial charge < -0.3 is 9.13 Å². The van der Waals surface area contributed by atoms with Crippen LogP contribution < -0.4 is 15.9 Å². The summed E-state index contributed by atoms with van der Waals surface area (Å²) in [6.45, 7) is 4.71. The minimum Gasteiger partial charge on any atom is -0.309 e. The first-order chi connectivity index (χ1) is 29.9. The van der Waals surface area contributed by atoms with Gasteiger partial charge in [-0.2, -0.15) is 0 Å². The highest BCUT2D eigenvalue weighted by Gasteiger charge is 2.53. The smallest absolute Gasteiger partial charge is 0.172 e. The molecule has 61 heavy (non-hydrogen) atoms. The first kappa shape index (κ1) is 33.8. The zero-order valence-corrected chi connectivity index (χ0v) is 34.7. The molecule has 1 aromatic heterocycles. The fourth-order valence-corrected chi connectivity index (χ4v) is 15.3. The molecule has 10 aromatic rings. The molecule has 0 fully saturated rings. The summed E-state index contributed by atoms with van der Waals surface area (Å²) >= 11 is 0. The molecular weight excluding hydrogens is 758 g/mol. The van der Waals surface area contributed by atoms with Gasteiger partial charge in [-0.1, -0.05) is 172 Å². The summed E-state index contributed by atoms with van der Waals surface area (Å²) in [5, 5.41) is 5.25. The lowest BCUT2D eigenvalue weighted by Gasteiger charge is -2.39. The van der Waals surface area contributed by atoms with E-state index in [0.717, 1.165) is 32.6 Å². The average Bonchev–Trinajstić information content (AvgIpc) is 3.96. The number of hydrogen-bond donors (Lipinski definition) is 0. The molecule has 2 nitrogen and oxygen atoms in total. The number of hydrogen-bond acceptors (Lipinski definition) is 1. The first-order valence-electron chi connectivity index (χ1n) is 21.4. The van der Waals surface area contributed by atoms with Gasteiger partial charge in [0.15, 0.2) is 7.14 Å². The number of aromatic nitrogens is 1. The maximum Gasteiger partial charge on any atom is 0.172 e. The van der Waals surface area contributed by atoms with Crippen molar-refractivity contribution in [2.45, 2.75) is 24.7 Å². The van der Waals surface area contributed by atoms with Crippen molar-refractivity contribution < 1.29 is 4.57 Å². The molecule has 9 aromatic carbocycles. The van der Waals surface area contributed by atoms with Crippen LogP contribution in [0, 0.1) is 0 Å². The molecule has 3 heteroatoms. The maximum atomic E-state index is 16.1. The first-order valence-corrected chi connectivity index (χ1v) is 23.1. The quantitative estimate of drug-likeness (QED) is 0.160. The monoisotopic (exact) mass is 795 g/mol. The molecule has 14 rings (SSSR count). The van der Waals surface area contributed by atoms with Gasteiger partial charge in [0.25, 0.3) is 0 Å². The minimum atomic E-state index is -3.21. The fraction of sp³-hybridized carbons (Fsp3) is 0.0690. The van der Waals surface area contributed by atoms with E-state index in [1.165, 1.54) is 88.7 Å². The van der Waals surface area contributed by atoms with Crippen molar-refractivity contribution in [2.24, 2.45) is 0 Å². The summed E-state index contributed by atoms with van der Waals surface area (Å²) in [5.41, 5.74) is 20.3. The highest BCUT2D eigenvalue weighted by molar-refractivity contribution is 7.86. The summed E-state index contributed by atoms with van der Waals surface area (Å²) < 4.78 is 18.6. The second kappa shape index (κ2) is 11.4. The maximum absolute atomic E-state index is 16.1. The summed E-state index contributed by atoms with van der Waals surface area (Å²) in [6.07, 6.45) is 0. The van der Waals surface area contributed by atoms with E-state index in [1.807, 2.05) is 24.3 Å². The number of rotatable bonds is 2. The van der Waals surface area contributed by atoms with Crippen LogP contribution in [-0.2, 0) is 15.4 Å². The lowest BCUT2D eigenvalue weighted by Crippen LogP contribution is -2.33. The van der Waals surface area contributed by atoms with Crippen LogP contribution in [0.5, 0.6) is 0 Å². The third kappa shape index (κ3) is 3.94. The molecular formula is C58H38NOP. The predicted molar refractivity (Wildman–Crippen MR) is 253 cm³/mol. The SMILES string of the molecule is CC1(C)c2ccccc2-c2ccc(-c3ccc4c(c3)-c3cc5c(cc3C43c4ccccc4-n4c6ccccc6c6cccc3c64)-c3ccccc3[P@@]5(=O)c3ccccc3)cc21. The third-order valence-electron chi connectivity index (χ3n) is 14.8. The van der Waals surface area contributed by atoms with Crippen molar-refractivity contribution in [2.75, 3.05) is 0 Å². The summed E-state index contributed by atoms with van der Waals surface area (Å²) in [5.74, 6) is 0. The molecule has 2 atom stereocenters. The van der Waals surface area contributed by atoms with Crippen LogP contribution in [0.3, 0.4) is 0 Å². The molecule has 2 aliphatic heterocycles. The van der Waals surface area contributed by atoms with E-state index in [-0.39, 0.29) is 5.41 Å². The van der Waals surface area contributed by atoms with Crippen LogP contribution >= 0.6 is 7.14 Å². The average molecular weight is 796 g/mol. The van der Waals surface area contributed by atoms with Crippen LogP contribution in [0.15, 0.2) is 194 Å². The van der Waals surface area contributed by atoms with E-state index < -0.39 is 12.6 Å². The molecule has 3 heterocycles. The zero-order chi connectivity index (χ0) is 40.4. The van der Waals surface area contributed by atoms with Crippen molar-refractivity contribution in [3.8, 4) is 50.2 Å². The Morgan fingerprint density at radius 2 is 1.07 bits per heavy atom. The lowest BCUT2D eigenvalue weighted by molar-refractivity contribution is 0.593. The van der Waals surface area contributed by atoms with Gasteiger partial charge in [-0.15, -0.1) is 0 Å². The molecule has 286 valence electrons. The van der Waals surface area contributed by atoms with E-state index in [9.17, 15) is 0 Å². The topological polar surface area (TPSA) is 22.0 Å². The molecule has 1 unspecified atom stereocenters. The van der Waals surface area contributed by atoms with E-state index in [0.29, 0.717) is 0 Å². The summed E-state index contributed by atoms with van der Waals surface area (Å²) in [7, 11) is -3.21. The molecule has 0 amide bonds. The lowest BCUT2D eigenvalue weighted by atomic mass is 9.65. The van der Waals surface area contributed by atoms with Gasteiger partial charge in [0.05, 0.1) is 22.1 Å². The van der Waals surface area contributed by atoms with Gasteiger partial charge in [-0.3, -0.25) is 0 Å². The van der Waals surface area contributed by atoms with Crippen molar-refractivity contribution in [3.63, 3.8) is 0 Å². The fourth-order valence-electron chi connectivity index (χ4n) is 12.2. The van der Waals surface area contributed by atoms with E-state index in [1.54, 1.807) is 0 Å². The Morgan fingerprint density at radius 1 is 0.410 bits per heavy atom. The Bertz CT molecular complexity index is 3660. The molecule has 2 aliphatic carbocycles. The molecule has 1 spiro atoms. The Morgan fingerprint density at radius 3 is 1.95 bits per heavy atom. The van der Waals surface area contributed by atoms with Crippen molar-refractivity contribution in [1.29, 1.82) is 0 Å². The van der Waals surface area contributed by atoms with Crippen molar-refractivity contribution in [1.82, 2.24) is 4.57 Å². The number of benzene rings is 9. The summed E-state index contributed by atoms with van der Waals surface area (Å²) in [4.78, 5) is 0. The highest BCUT2D eigenvalue weighted by atomic mass is 31.2. The van der Waals surface area contributed by atoms with Gasteiger partial charge in [-0.25, -0.2) is 0 Å². The van der Waals surface area contributed by atoms with Crippen LogP contribution in [0.4, 0.5) is 0 Å². The Kier molecular flexibility index (Phi) is 6.33. The van der Waals surface area contributed by atoms with Crippen LogP contribution in [-0.4, -0.2) is 4.57 Å². The van der Waals surface area contributed by atoms with Crippen LogP contribution in [0.2, 0.25) is 0 Å². The molecule has 0 radical (unpaired) electrons. The molecule has 0 bridgehead atoms. The Hall–Kier alpha value is -6.99. The molecule has 4 aliphatic rings. The second-order valence-corrected chi connectivity index (χ2v) is 20.6. The van der Waals surface area contributed by atoms with Crippen LogP contribution in [0.25, 0.3) is 72.0 Å². The van der Waals surface area contributed by atoms with Crippen LogP contribution in [0.1, 0.15) is 47.2 Å². The van der Waals surface area contributed by atoms with E-state index in [4.69, 9.17) is 0 Å². The third-order valence-corrected chi connectivity index (χ3v) is 18.0. The van der Waals surface area contributed by atoms with Gasteiger partial charge in [0.1, 0.15) is 0 Å². The van der Waals surface area contributed by atoms with E-state index in [2.05, 4.69) is 188 Å². The van der Waals surface area contributed by atoms with Gasteiger partial charge in [-0.05, 0) is 114 Å².